The van der Waals surface area contributed by atoms with Crippen molar-refractivity contribution in [3.63, 3.8) is 0 Å². The lowest BCUT2D eigenvalue weighted by molar-refractivity contribution is -0.384. The number of carbonyl (C=O) groups is 2. The van der Waals surface area contributed by atoms with Crippen molar-refractivity contribution in [3.05, 3.63) is 135 Å². The van der Waals surface area contributed by atoms with E-state index in [1.807, 2.05) is 30.3 Å². The van der Waals surface area contributed by atoms with E-state index in [4.69, 9.17) is 11.6 Å². The summed E-state index contributed by atoms with van der Waals surface area (Å²) < 4.78 is 28.7. The third-order valence-corrected chi connectivity index (χ3v) is 8.78. The standard InChI is InChI=1S/C31H29ClN4O6S/c1-33-31(38)29(20-23-8-4-2-5-9-23)34(21-24-12-14-25(32)15-13-24)30(37)22-35(26-16-18-27(19-17-26)36(39)40)43(41,42)28-10-6-3-7-11-28/h2-19,29H,20-22H2,1H3,(H,33,38)/t29-/m1/s1. The topological polar surface area (TPSA) is 130 Å². The molecule has 0 aliphatic rings. The van der Waals surface area contributed by atoms with Crippen LogP contribution in [0.2, 0.25) is 5.02 Å². The molecule has 0 bridgehead atoms. The zero-order chi connectivity index (χ0) is 31.0. The van der Waals surface area contributed by atoms with E-state index in [-0.39, 0.29) is 29.2 Å². The second-order valence-electron chi connectivity index (χ2n) is 9.57. The van der Waals surface area contributed by atoms with Crippen molar-refractivity contribution >= 4 is 44.8 Å². The minimum atomic E-state index is -4.31. The number of nitro groups is 1. The summed E-state index contributed by atoms with van der Waals surface area (Å²) in [4.78, 5) is 39.4. The number of anilines is 1. The van der Waals surface area contributed by atoms with E-state index in [1.165, 1.54) is 48.3 Å². The molecule has 1 atom stereocenters. The van der Waals surface area contributed by atoms with E-state index in [1.54, 1.807) is 42.5 Å². The quantitative estimate of drug-likeness (QED) is 0.178. The summed E-state index contributed by atoms with van der Waals surface area (Å²) in [5.74, 6) is -1.09. The number of nitrogens with zero attached hydrogens (tertiary/aromatic N) is 3. The molecular formula is C31H29ClN4O6S. The van der Waals surface area contributed by atoms with Crippen LogP contribution in [0, 0.1) is 10.1 Å². The maximum absolute atomic E-state index is 14.2. The summed E-state index contributed by atoms with van der Waals surface area (Å²) in [7, 11) is -2.84. The summed E-state index contributed by atoms with van der Waals surface area (Å²) in [6.45, 7) is -0.689. The number of non-ortho nitro benzene ring substituents is 1. The molecule has 2 amide bonds. The SMILES string of the molecule is CNC(=O)[C@@H](Cc1ccccc1)N(Cc1ccc(Cl)cc1)C(=O)CN(c1ccc([N+](=O)[O-])cc1)S(=O)(=O)c1ccccc1. The predicted octanol–water partition coefficient (Wildman–Crippen LogP) is 4.83. The maximum Gasteiger partial charge on any atom is 0.269 e. The molecule has 0 aliphatic carbocycles. The van der Waals surface area contributed by atoms with Gasteiger partial charge < -0.3 is 10.2 Å². The lowest BCUT2D eigenvalue weighted by Gasteiger charge is -2.33. The number of amides is 2. The Morgan fingerprint density at radius 2 is 1.44 bits per heavy atom. The van der Waals surface area contributed by atoms with Gasteiger partial charge in [-0.2, -0.15) is 0 Å². The fourth-order valence-electron chi connectivity index (χ4n) is 4.50. The summed E-state index contributed by atoms with van der Waals surface area (Å²) >= 11 is 6.07. The smallest absolute Gasteiger partial charge is 0.269 e. The van der Waals surface area contributed by atoms with Crippen LogP contribution in [0.1, 0.15) is 11.1 Å². The first-order chi connectivity index (χ1) is 20.6. The molecule has 4 rings (SSSR count). The van der Waals surface area contributed by atoms with Crippen LogP contribution in [0.4, 0.5) is 11.4 Å². The van der Waals surface area contributed by atoms with Crippen LogP contribution in [0.25, 0.3) is 0 Å². The minimum absolute atomic E-state index is 0.0135. The number of carbonyl (C=O) groups excluding carboxylic acids is 2. The summed E-state index contributed by atoms with van der Waals surface area (Å²) in [5, 5.41) is 14.4. The molecule has 0 saturated carbocycles. The van der Waals surface area contributed by atoms with Gasteiger partial charge in [-0.1, -0.05) is 72.3 Å². The molecule has 0 radical (unpaired) electrons. The van der Waals surface area contributed by atoms with Gasteiger partial charge in [0.25, 0.3) is 15.7 Å². The Bertz CT molecular complexity index is 1670. The van der Waals surface area contributed by atoms with E-state index in [0.29, 0.717) is 10.6 Å². The first-order valence-corrected chi connectivity index (χ1v) is 15.0. The van der Waals surface area contributed by atoms with E-state index in [0.717, 1.165) is 9.87 Å². The average molecular weight is 621 g/mol. The predicted molar refractivity (Wildman–Crippen MR) is 164 cm³/mol. The summed E-state index contributed by atoms with van der Waals surface area (Å²) in [5.41, 5.74) is 1.29. The van der Waals surface area contributed by atoms with E-state index in [9.17, 15) is 28.1 Å². The Labute approximate surface area is 254 Å². The number of likely N-dealkylation sites (N-methyl/N-ethyl adjacent to an activating group) is 1. The zero-order valence-corrected chi connectivity index (χ0v) is 24.7. The van der Waals surface area contributed by atoms with E-state index >= 15 is 0 Å². The van der Waals surface area contributed by atoms with Gasteiger partial charge in [-0.25, -0.2) is 8.42 Å². The molecule has 222 valence electrons. The molecule has 4 aromatic carbocycles. The Kier molecular flexibility index (Phi) is 10.1. The van der Waals surface area contributed by atoms with Crippen LogP contribution < -0.4 is 9.62 Å². The van der Waals surface area contributed by atoms with Crippen molar-refractivity contribution in [2.75, 3.05) is 17.9 Å². The number of rotatable bonds is 12. The second-order valence-corrected chi connectivity index (χ2v) is 11.9. The van der Waals surface area contributed by atoms with Crippen LogP contribution >= 0.6 is 11.6 Å². The van der Waals surface area contributed by atoms with Gasteiger partial charge in [0.05, 0.1) is 15.5 Å². The van der Waals surface area contributed by atoms with Crippen LogP contribution in [0.5, 0.6) is 0 Å². The Morgan fingerprint density at radius 1 is 0.860 bits per heavy atom. The van der Waals surface area contributed by atoms with Gasteiger partial charge in [0.1, 0.15) is 12.6 Å². The van der Waals surface area contributed by atoms with Crippen LogP contribution in [0.3, 0.4) is 0 Å². The number of hydrogen-bond acceptors (Lipinski definition) is 6. The fraction of sp³-hybridized carbons (Fsp3) is 0.161. The van der Waals surface area contributed by atoms with Gasteiger partial charge in [-0.15, -0.1) is 0 Å². The molecule has 1 N–H and O–H groups in total. The number of nitrogens with one attached hydrogen (secondary N) is 1. The zero-order valence-electron chi connectivity index (χ0n) is 23.2. The molecule has 4 aromatic rings. The molecule has 0 saturated heterocycles. The van der Waals surface area contributed by atoms with Gasteiger partial charge in [0.15, 0.2) is 0 Å². The van der Waals surface area contributed by atoms with Crippen molar-refractivity contribution in [3.8, 4) is 0 Å². The van der Waals surface area contributed by atoms with Crippen molar-refractivity contribution in [2.24, 2.45) is 0 Å². The fourth-order valence-corrected chi connectivity index (χ4v) is 6.06. The number of sulfonamides is 1. The molecule has 12 heteroatoms. The molecule has 0 aliphatic heterocycles. The molecule has 0 fully saturated rings. The third kappa shape index (κ3) is 7.76. The molecule has 43 heavy (non-hydrogen) atoms. The van der Waals surface area contributed by atoms with Gasteiger partial charge in [0.2, 0.25) is 11.8 Å². The number of benzene rings is 4. The highest BCUT2D eigenvalue weighted by Gasteiger charge is 2.34. The molecule has 0 unspecified atom stereocenters. The Morgan fingerprint density at radius 3 is 2.00 bits per heavy atom. The van der Waals surface area contributed by atoms with Crippen molar-refractivity contribution in [1.29, 1.82) is 0 Å². The van der Waals surface area contributed by atoms with Gasteiger partial charge in [0, 0.05) is 37.2 Å². The Balaban J connectivity index is 1.78. The Hall–Kier alpha value is -4.74. The lowest BCUT2D eigenvalue weighted by Crippen LogP contribution is -2.53. The number of nitro benzene ring substituents is 1. The van der Waals surface area contributed by atoms with Crippen LogP contribution in [-0.2, 0) is 32.6 Å². The highest BCUT2D eigenvalue weighted by atomic mass is 35.5. The molecule has 10 nitrogen and oxygen atoms in total. The van der Waals surface area contributed by atoms with Crippen molar-refractivity contribution < 1.29 is 22.9 Å². The van der Waals surface area contributed by atoms with Crippen molar-refractivity contribution in [2.45, 2.75) is 23.9 Å². The highest BCUT2D eigenvalue weighted by Crippen LogP contribution is 2.27. The maximum atomic E-state index is 14.2. The second kappa shape index (κ2) is 14.0. The van der Waals surface area contributed by atoms with E-state index < -0.39 is 39.3 Å². The summed E-state index contributed by atoms with van der Waals surface area (Å²) in [6, 6.07) is 27.4. The first kappa shape index (κ1) is 31.2. The number of halogens is 1. The lowest BCUT2D eigenvalue weighted by atomic mass is 10.0. The monoisotopic (exact) mass is 620 g/mol. The third-order valence-electron chi connectivity index (χ3n) is 6.74. The molecule has 0 spiro atoms. The van der Waals surface area contributed by atoms with Gasteiger partial charge in [-0.3, -0.25) is 24.0 Å². The largest absolute Gasteiger partial charge is 0.357 e. The van der Waals surface area contributed by atoms with Crippen LogP contribution in [0.15, 0.2) is 114 Å². The average Bonchev–Trinajstić information content (AvgIpc) is 3.02. The molecule has 0 aromatic heterocycles. The molecule has 0 heterocycles. The highest BCUT2D eigenvalue weighted by molar-refractivity contribution is 7.92. The van der Waals surface area contributed by atoms with Gasteiger partial charge in [-0.05, 0) is 47.5 Å². The van der Waals surface area contributed by atoms with Crippen LogP contribution in [-0.4, -0.2) is 49.7 Å². The first-order valence-electron chi connectivity index (χ1n) is 13.2. The summed E-state index contributed by atoms with van der Waals surface area (Å²) in [6.07, 6.45) is 0.169. The van der Waals surface area contributed by atoms with Gasteiger partial charge >= 0.3 is 0 Å². The molecular weight excluding hydrogens is 592 g/mol. The minimum Gasteiger partial charge on any atom is -0.357 e. The normalized spacial score (nSPS) is 11.8. The van der Waals surface area contributed by atoms with E-state index in [2.05, 4.69) is 5.32 Å². The number of hydrogen-bond donors (Lipinski definition) is 1. The van der Waals surface area contributed by atoms with Crippen molar-refractivity contribution in [1.82, 2.24) is 10.2 Å².